The zero-order valence-electron chi connectivity index (χ0n) is 10.2. The van der Waals surface area contributed by atoms with Crippen LogP contribution in [0.1, 0.15) is 25.7 Å². The molecule has 1 heterocycles. The number of para-hydroxylation sites is 2. The number of oxazole rings is 1. The van der Waals surface area contributed by atoms with E-state index in [1.165, 1.54) is 12.8 Å². The van der Waals surface area contributed by atoms with Crippen LogP contribution in [-0.2, 0) is 6.54 Å². The third kappa shape index (κ3) is 1.97. The van der Waals surface area contributed by atoms with Crippen molar-refractivity contribution in [1.29, 1.82) is 0 Å². The second-order valence-corrected chi connectivity index (χ2v) is 5.06. The van der Waals surface area contributed by atoms with E-state index in [-0.39, 0.29) is 5.76 Å². The normalized spacial score (nSPS) is 18.5. The van der Waals surface area contributed by atoms with E-state index < -0.39 is 6.10 Å². The van der Waals surface area contributed by atoms with E-state index in [1.807, 2.05) is 18.2 Å². The van der Waals surface area contributed by atoms with Gasteiger partial charge < -0.3 is 9.52 Å². The minimum Gasteiger partial charge on any atom is -0.408 e. The molecule has 0 bridgehead atoms. The molecule has 1 unspecified atom stereocenters. The molecule has 1 N–H and O–H groups in total. The van der Waals surface area contributed by atoms with E-state index >= 15 is 0 Å². The van der Waals surface area contributed by atoms with Crippen LogP contribution in [0.15, 0.2) is 33.5 Å². The van der Waals surface area contributed by atoms with Crippen LogP contribution in [-0.4, -0.2) is 15.8 Å². The summed E-state index contributed by atoms with van der Waals surface area (Å²) >= 11 is 0. The quantitative estimate of drug-likeness (QED) is 0.904. The molecule has 1 atom stereocenters. The van der Waals surface area contributed by atoms with Gasteiger partial charge in [0.2, 0.25) is 0 Å². The Morgan fingerprint density at radius 2 is 2.06 bits per heavy atom. The van der Waals surface area contributed by atoms with Gasteiger partial charge in [0.25, 0.3) is 0 Å². The lowest BCUT2D eigenvalue weighted by Gasteiger charge is -2.17. The molecule has 1 aliphatic rings. The highest BCUT2D eigenvalue weighted by atomic mass is 16.4. The number of nitrogens with zero attached hydrogens (tertiary/aromatic N) is 1. The Balaban J connectivity index is 1.89. The molecule has 3 rings (SSSR count). The first kappa shape index (κ1) is 11.5. The summed E-state index contributed by atoms with van der Waals surface area (Å²) in [7, 11) is 0. The maximum atomic E-state index is 11.8. The van der Waals surface area contributed by atoms with Gasteiger partial charge >= 0.3 is 5.76 Å². The minimum absolute atomic E-state index is 0.325. The van der Waals surface area contributed by atoms with Gasteiger partial charge in [0.15, 0.2) is 5.58 Å². The van der Waals surface area contributed by atoms with Gasteiger partial charge in [-0.05, 0) is 30.9 Å². The van der Waals surface area contributed by atoms with Gasteiger partial charge in [-0.3, -0.25) is 4.57 Å². The number of aromatic nitrogens is 1. The molecular weight excluding hydrogens is 230 g/mol. The Morgan fingerprint density at radius 1 is 1.33 bits per heavy atom. The van der Waals surface area contributed by atoms with Crippen LogP contribution in [0, 0.1) is 5.92 Å². The predicted octanol–water partition coefficient (Wildman–Crippen LogP) is 2.15. The van der Waals surface area contributed by atoms with Gasteiger partial charge in [-0.15, -0.1) is 0 Å². The second kappa shape index (κ2) is 4.61. The van der Waals surface area contributed by atoms with E-state index in [0.29, 0.717) is 18.0 Å². The van der Waals surface area contributed by atoms with Crippen molar-refractivity contribution in [2.75, 3.05) is 0 Å². The zero-order chi connectivity index (χ0) is 12.5. The fourth-order valence-corrected chi connectivity index (χ4v) is 2.87. The maximum absolute atomic E-state index is 11.8. The van der Waals surface area contributed by atoms with Crippen LogP contribution in [0.3, 0.4) is 0 Å². The Labute approximate surface area is 105 Å². The molecule has 2 aromatic rings. The molecule has 0 radical (unpaired) electrons. The van der Waals surface area contributed by atoms with Gasteiger partial charge in [0, 0.05) is 0 Å². The standard InChI is InChI=1S/C14H17NO3/c16-12(10-5-1-2-6-10)9-15-11-7-3-4-8-13(11)18-14(15)17/h3-4,7-8,10,12,16H,1-2,5-6,9H2. The molecule has 1 aromatic heterocycles. The Morgan fingerprint density at radius 3 is 2.83 bits per heavy atom. The van der Waals surface area contributed by atoms with E-state index in [0.717, 1.165) is 18.4 Å². The number of aliphatic hydroxyl groups excluding tert-OH is 1. The first-order chi connectivity index (χ1) is 8.75. The van der Waals surface area contributed by atoms with Crippen molar-refractivity contribution in [3.63, 3.8) is 0 Å². The highest BCUT2D eigenvalue weighted by Gasteiger charge is 2.24. The minimum atomic E-state index is -0.453. The van der Waals surface area contributed by atoms with E-state index in [4.69, 9.17) is 4.42 Å². The van der Waals surface area contributed by atoms with Crippen LogP contribution in [0.2, 0.25) is 0 Å². The molecule has 96 valence electrons. The van der Waals surface area contributed by atoms with Crippen molar-refractivity contribution >= 4 is 11.1 Å². The SMILES string of the molecule is O=c1oc2ccccc2n1CC(O)C1CCCC1. The highest BCUT2D eigenvalue weighted by Crippen LogP contribution is 2.28. The first-order valence-corrected chi connectivity index (χ1v) is 6.52. The maximum Gasteiger partial charge on any atom is 0.420 e. The molecule has 1 aliphatic carbocycles. The van der Waals surface area contributed by atoms with Gasteiger partial charge in [-0.25, -0.2) is 4.79 Å². The van der Waals surface area contributed by atoms with Crippen LogP contribution >= 0.6 is 0 Å². The number of hydrogen-bond donors (Lipinski definition) is 1. The van der Waals surface area contributed by atoms with Crippen LogP contribution in [0.4, 0.5) is 0 Å². The Bertz CT molecular complexity index is 592. The summed E-state index contributed by atoms with van der Waals surface area (Å²) in [4.78, 5) is 11.8. The van der Waals surface area contributed by atoms with Crippen LogP contribution < -0.4 is 5.76 Å². The lowest BCUT2D eigenvalue weighted by molar-refractivity contribution is 0.0921. The topological polar surface area (TPSA) is 55.4 Å². The van der Waals surface area contributed by atoms with Gasteiger partial charge in [-0.2, -0.15) is 0 Å². The average Bonchev–Trinajstić information content (AvgIpc) is 2.98. The summed E-state index contributed by atoms with van der Waals surface area (Å²) in [6, 6.07) is 7.33. The fourth-order valence-electron chi connectivity index (χ4n) is 2.87. The van der Waals surface area contributed by atoms with Crippen molar-refractivity contribution in [3.05, 3.63) is 34.8 Å². The number of aliphatic hydroxyl groups is 1. The summed E-state index contributed by atoms with van der Waals surface area (Å²) < 4.78 is 6.70. The third-order valence-electron chi connectivity index (χ3n) is 3.89. The summed E-state index contributed by atoms with van der Waals surface area (Å²) in [6.07, 6.45) is 4.04. The van der Waals surface area contributed by atoms with E-state index in [9.17, 15) is 9.90 Å². The second-order valence-electron chi connectivity index (χ2n) is 5.06. The number of fused-ring (bicyclic) bond motifs is 1. The summed E-state index contributed by atoms with van der Waals surface area (Å²) in [5.41, 5.74) is 1.35. The van der Waals surface area contributed by atoms with E-state index in [1.54, 1.807) is 10.6 Å². The molecule has 1 aromatic carbocycles. The smallest absolute Gasteiger partial charge is 0.408 e. The Kier molecular flexibility index (Phi) is 2.96. The number of benzene rings is 1. The molecule has 0 aliphatic heterocycles. The first-order valence-electron chi connectivity index (χ1n) is 6.52. The lowest BCUT2D eigenvalue weighted by atomic mass is 10.0. The molecule has 0 spiro atoms. The van der Waals surface area contributed by atoms with Crippen molar-refractivity contribution < 1.29 is 9.52 Å². The molecule has 4 nitrogen and oxygen atoms in total. The molecular formula is C14H17NO3. The van der Waals surface area contributed by atoms with Crippen molar-refractivity contribution in [2.24, 2.45) is 5.92 Å². The molecule has 1 fully saturated rings. The van der Waals surface area contributed by atoms with E-state index in [2.05, 4.69) is 0 Å². The summed E-state index contributed by atoms with van der Waals surface area (Å²) in [5, 5.41) is 10.2. The number of hydrogen-bond acceptors (Lipinski definition) is 3. The van der Waals surface area contributed by atoms with Crippen molar-refractivity contribution in [3.8, 4) is 0 Å². The monoisotopic (exact) mass is 247 g/mol. The third-order valence-corrected chi connectivity index (χ3v) is 3.89. The van der Waals surface area contributed by atoms with Gasteiger partial charge in [0.05, 0.1) is 18.2 Å². The fraction of sp³-hybridized carbons (Fsp3) is 0.500. The van der Waals surface area contributed by atoms with Gasteiger partial charge in [0.1, 0.15) is 0 Å². The predicted molar refractivity (Wildman–Crippen MR) is 68.4 cm³/mol. The molecule has 18 heavy (non-hydrogen) atoms. The highest BCUT2D eigenvalue weighted by molar-refractivity contribution is 5.72. The Hall–Kier alpha value is -1.55. The van der Waals surface area contributed by atoms with Gasteiger partial charge in [-0.1, -0.05) is 25.0 Å². The number of rotatable bonds is 3. The molecule has 1 saturated carbocycles. The largest absolute Gasteiger partial charge is 0.420 e. The molecule has 0 amide bonds. The molecule has 4 heteroatoms. The summed E-state index contributed by atoms with van der Waals surface area (Å²) in [6.45, 7) is 0.334. The van der Waals surface area contributed by atoms with Crippen LogP contribution in [0.5, 0.6) is 0 Å². The zero-order valence-corrected chi connectivity index (χ0v) is 10.2. The average molecular weight is 247 g/mol. The summed E-state index contributed by atoms with van der Waals surface area (Å²) in [5.74, 6) is -0.0567. The van der Waals surface area contributed by atoms with Crippen LogP contribution in [0.25, 0.3) is 11.1 Å². The van der Waals surface area contributed by atoms with Crippen molar-refractivity contribution in [1.82, 2.24) is 4.57 Å². The van der Waals surface area contributed by atoms with Crippen molar-refractivity contribution in [2.45, 2.75) is 38.3 Å². The molecule has 0 saturated heterocycles. The lowest BCUT2D eigenvalue weighted by Crippen LogP contribution is -2.28.